The summed E-state index contributed by atoms with van der Waals surface area (Å²) in [6.07, 6.45) is 4.68. The lowest BCUT2D eigenvalue weighted by molar-refractivity contribution is 0.00571. The van der Waals surface area contributed by atoms with Crippen LogP contribution < -0.4 is 5.73 Å². The van der Waals surface area contributed by atoms with Gasteiger partial charge in [-0.25, -0.2) is 0 Å². The lowest BCUT2D eigenvalue weighted by Crippen LogP contribution is -2.41. The van der Waals surface area contributed by atoms with Gasteiger partial charge < -0.3 is 10.8 Å². The lowest BCUT2D eigenvalue weighted by Gasteiger charge is -2.34. The maximum atomic E-state index is 10.6. The summed E-state index contributed by atoms with van der Waals surface area (Å²) in [6, 6.07) is 10.4. The minimum absolute atomic E-state index is 0.137. The van der Waals surface area contributed by atoms with Crippen LogP contribution in [-0.4, -0.2) is 34.2 Å². The maximum absolute atomic E-state index is 10.6. The molecule has 1 fully saturated rings. The van der Waals surface area contributed by atoms with Crippen LogP contribution in [0.2, 0.25) is 0 Å². The Hall–Kier alpha value is -0.970. The molecule has 0 aromatic heterocycles. The molecule has 0 radical (unpaired) electrons. The first-order valence-corrected chi connectivity index (χ1v) is 7.67. The molecule has 3 nitrogen and oxygen atoms in total. The quantitative estimate of drug-likeness (QED) is 0.791. The van der Waals surface area contributed by atoms with E-state index in [0.29, 0.717) is 18.0 Å². The molecule has 0 spiro atoms. The molecule has 0 bridgehead atoms. The Balaban J connectivity index is 2.11. The Morgan fingerprint density at radius 3 is 2.50 bits per heavy atom. The molecule has 0 aliphatic heterocycles. The van der Waals surface area contributed by atoms with Crippen molar-refractivity contribution in [1.29, 1.82) is 0 Å². The van der Waals surface area contributed by atoms with Crippen molar-refractivity contribution in [2.45, 2.75) is 43.7 Å². The second kappa shape index (κ2) is 6.66. The maximum Gasteiger partial charge on any atom is 0.0774 e. The molecule has 1 unspecified atom stereocenters. The number of benzene rings is 1. The van der Waals surface area contributed by atoms with E-state index in [9.17, 15) is 5.11 Å². The molecule has 1 aliphatic rings. The molecule has 20 heavy (non-hydrogen) atoms. The second-order valence-electron chi connectivity index (χ2n) is 5.94. The van der Waals surface area contributed by atoms with Gasteiger partial charge in [0, 0.05) is 19.0 Å². The van der Waals surface area contributed by atoms with Crippen LogP contribution in [0.1, 0.15) is 43.7 Å². The van der Waals surface area contributed by atoms with Gasteiger partial charge in [0.25, 0.3) is 0 Å². The zero-order valence-electron chi connectivity index (χ0n) is 12.1. The van der Waals surface area contributed by atoms with E-state index >= 15 is 0 Å². The van der Waals surface area contributed by atoms with Gasteiger partial charge in [0.15, 0.2) is 0 Å². The molecular weight excluding hydrogens is 268 g/mol. The Bertz CT molecular complexity index is 443. The fraction of sp³-hybridized carbons (Fsp3) is 0.562. The van der Waals surface area contributed by atoms with Crippen molar-refractivity contribution in [3.05, 3.63) is 35.9 Å². The highest BCUT2D eigenvalue weighted by molar-refractivity contribution is 7.80. The van der Waals surface area contributed by atoms with Crippen molar-refractivity contribution in [1.82, 2.24) is 4.90 Å². The highest BCUT2D eigenvalue weighted by atomic mass is 32.1. The van der Waals surface area contributed by atoms with Crippen molar-refractivity contribution in [3.8, 4) is 0 Å². The Labute approximate surface area is 126 Å². The minimum atomic E-state index is -0.544. The third-order valence-electron chi connectivity index (χ3n) is 4.19. The van der Waals surface area contributed by atoms with Crippen molar-refractivity contribution in [3.63, 3.8) is 0 Å². The number of likely N-dealkylation sites (N-methyl/N-ethyl adjacent to an activating group) is 1. The Morgan fingerprint density at radius 1 is 1.35 bits per heavy atom. The molecule has 3 N–H and O–H groups in total. The summed E-state index contributed by atoms with van der Waals surface area (Å²) in [5.41, 5.74) is 6.41. The van der Waals surface area contributed by atoms with E-state index in [-0.39, 0.29) is 6.04 Å². The molecule has 0 amide bonds. The van der Waals surface area contributed by atoms with Gasteiger partial charge in [-0.3, -0.25) is 4.90 Å². The van der Waals surface area contributed by atoms with E-state index in [1.807, 2.05) is 25.2 Å². The van der Waals surface area contributed by atoms with E-state index in [4.69, 9.17) is 18.0 Å². The van der Waals surface area contributed by atoms with Crippen LogP contribution >= 0.6 is 12.2 Å². The van der Waals surface area contributed by atoms with E-state index in [2.05, 4.69) is 17.0 Å². The lowest BCUT2D eigenvalue weighted by atomic mass is 9.97. The molecule has 0 heterocycles. The van der Waals surface area contributed by atoms with Crippen LogP contribution in [0.5, 0.6) is 0 Å². The van der Waals surface area contributed by atoms with Gasteiger partial charge in [-0.05, 0) is 25.5 Å². The molecule has 110 valence electrons. The zero-order valence-corrected chi connectivity index (χ0v) is 12.9. The molecule has 2 rings (SSSR count). The zero-order chi connectivity index (χ0) is 14.6. The standard InChI is InChI=1S/C16H24N2OS/c1-18(12-16(19)9-5-6-10-16)14(11-15(17)20)13-7-3-2-4-8-13/h2-4,7-8,14,19H,5-6,9-12H2,1H3,(H2,17,20). The van der Waals surface area contributed by atoms with Crippen molar-refractivity contribution < 1.29 is 5.11 Å². The van der Waals surface area contributed by atoms with Crippen LogP contribution in [0.4, 0.5) is 0 Å². The topological polar surface area (TPSA) is 49.5 Å². The molecule has 1 aromatic carbocycles. The third-order valence-corrected chi connectivity index (χ3v) is 4.36. The molecule has 1 atom stereocenters. The number of hydrogen-bond acceptors (Lipinski definition) is 3. The summed E-state index contributed by atoms with van der Waals surface area (Å²) >= 11 is 5.09. The fourth-order valence-corrected chi connectivity index (χ4v) is 3.32. The molecule has 4 heteroatoms. The number of thiocarbonyl (C=S) groups is 1. The molecule has 1 saturated carbocycles. The van der Waals surface area contributed by atoms with Crippen LogP contribution in [0.3, 0.4) is 0 Å². The van der Waals surface area contributed by atoms with Gasteiger partial charge in [0.2, 0.25) is 0 Å². The first-order chi connectivity index (χ1) is 9.50. The minimum Gasteiger partial charge on any atom is -0.393 e. The van der Waals surface area contributed by atoms with Gasteiger partial charge in [-0.2, -0.15) is 0 Å². The number of nitrogens with two attached hydrogens (primary N) is 1. The van der Waals surface area contributed by atoms with Gasteiger partial charge >= 0.3 is 0 Å². The van der Waals surface area contributed by atoms with Crippen LogP contribution in [0.15, 0.2) is 30.3 Å². The summed E-state index contributed by atoms with van der Waals surface area (Å²) in [6.45, 7) is 0.676. The number of rotatable bonds is 6. The number of hydrogen-bond donors (Lipinski definition) is 2. The first kappa shape index (κ1) is 15.4. The SMILES string of the molecule is CN(CC1(O)CCCC1)C(CC(N)=S)c1ccccc1. The van der Waals surface area contributed by atoms with Crippen molar-refractivity contribution in [2.75, 3.05) is 13.6 Å². The molecule has 1 aliphatic carbocycles. The van der Waals surface area contributed by atoms with E-state index in [1.54, 1.807) is 0 Å². The fourth-order valence-electron chi connectivity index (χ4n) is 3.16. The van der Waals surface area contributed by atoms with Crippen LogP contribution in [0.25, 0.3) is 0 Å². The summed E-state index contributed by atoms with van der Waals surface area (Å²) in [5.74, 6) is 0. The Morgan fingerprint density at radius 2 is 1.95 bits per heavy atom. The highest BCUT2D eigenvalue weighted by Gasteiger charge is 2.34. The number of nitrogens with zero attached hydrogens (tertiary/aromatic N) is 1. The summed E-state index contributed by atoms with van der Waals surface area (Å²) in [4.78, 5) is 2.71. The first-order valence-electron chi connectivity index (χ1n) is 7.26. The third kappa shape index (κ3) is 4.01. The van der Waals surface area contributed by atoms with Crippen molar-refractivity contribution >= 4 is 17.2 Å². The average molecular weight is 292 g/mol. The second-order valence-corrected chi connectivity index (χ2v) is 6.47. The average Bonchev–Trinajstić information content (AvgIpc) is 2.83. The van der Waals surface area contributed by atoms with Gasteiger partial charge in [-0.1, -0.05) is 55.4 Å². The van der Waals surface area contributed by atoms with E-state index in [0.717, 1.165) is 25.7 Å². The molecular formula is C16H24N2OS. The van der Waals surface area contributed by atoms with Gasteiger partial charge in [0.1, 0.15) is 0 Å². The summed E-state index contributed by atoms with van der Waals surface area (Å²) in [5, 5.41) is 10.6. The van der Waals surface area contributed by atoms with E-state index in [1.165, 1.54) is 5.56 Å². The highest BCUT2D eigenvalue weighted by Crippen LogP contribution is 2.33. The van der Waals surface area contributed by atoms with Gasteiger partial charge in [-0.15, -0.1) is 0 Å². The monoisotopic (exact) mass is 292 g/mol. The predicted octanol–water partition coefficient (Wildman–Crippen LogP) is 2.64. The van der Waals surface area contributed by atoms with Gasteiger partial charge in [0.05, 0.1) is 10.6 Å². The largest absolute Gasteiger partial charge is 0.393 e. The predicted molar refractivity (Wildman–Crippen MR) is 86.6 cm³/mol. The summed E-state index contributed by atoms with van der Waals surface area (Å²) in [7, 11) is 2.05. The molecule has 1 aromatic rings. The van der Waals surface area contributed by atoms with E-state index < -0.39 is 5.60 Å². The normalized spacial score (nSPS) is 19.1. The Kier molecular flexibility index (Phi) is 5.13. The van der Waals surface area contributed by atoms with Crippen LogP contribution in [-0.2, 0) is 0 Å². The number of aliphatic hydroxyl groups is 1. The smallest absolute Gasteiger partial charge is 0.0774 e. The summed E-state index contributed by atoms with van der Waals surface area (Å²) < 4.78 is 0. The van der Waals surface area contributed by atoms with Crippen LogP contribution in [0, 0.1) is 0 Å². The van der Waals surface area contributed by atoms with Crippen molar-refractivity contribution in [2.24, 2.45) is 5.73 Å². The molecule has 0 saturated heterocycles.